The molecule has 6 rings (SSSR count). The molecule has 2 aliphatic rings. The number of benzene rings is 2. The van der Waals surface area contributed by atoms with Gasteiger partial charge < -0.3 is 10.2 Å². The number of urea groups is 1. The monoisotopic (exact) mass is 465 g/mol. The number of hydrogen-bond acceptors (Lipinski definition) is 5. The number of aromatic nitrogens is 5. The van der Waals surface area contributed by atoms with Crippen LogP contribution in [-0.2, 0) is 6.42 Å². The van der Waals surface area contributed by atoms with Crippen molar-refractivity contribution in [2.75, 3.05) is 5.32 Å². The molecule has 3 N–H and O–H groups in total. The van der Waals surface area contributed by atoms with Gasteiger partial charge in [-0.2, -0.15) is 20.5 Å². The lowest BCUT2D eigenvalue weighted by molar-refractivity contribution is 0.177. The summed E-state index contributed by atoms with van der Waals surface area (Å²) in [5, 5.41) is 20.2. The van der Waals surface area contributed by atoms with Crippen LogP contribution >= 0.6 is 11.6 Å². The highest BCUT2D eigenvalue weighted by molar-refractivity contribution is 6.33. The van der Waals surface area contributed by atoms with Crippen LogP contribution < -0.4 is 10.9 Å². The predicted molar refractivity (Wildman–Crippen MR) is 119 cm³/mol. The summed E-state index contributed by atoms with van der Waals surface area (Å²) in [7, 11) is 0. The van der Waals surface area contributed by atoms with Gasteiger partial charge >= 0.3 is 6.03 Å². The molecule has 2 bridgehead atoms. The fourth-order valence-electron chi connectivity index (χ4n) is 4.87. The van der Waals surface area contributed by atoms with E-state index in [0.717, 1.165) is 18.4 Å². The number of nitrogens with zero attached hydrogens (tertiary/aromatic N) is 4. The number of rotatable bonds is 2. The zero-order valence-electron chi connectivity index (χ0n) is 17.1. The molecule has 2 amide bonds. The van der Waals surface area contributed by atoms with Gasteiger partial charge in [0.25, 0.3) is 5.56 Å². The van der Waals surface area contributed by atoms with E-state index in [2.05, 4.69) is 30.9 Å². The third-order valence-electron chi connectivity index (χ3n) is 6.35. The van der Waals surface area contributed by atoms with E-state index in [4.69, 9.17) is 11.6 Å². The number of carbonyl (C=O) groups is 1. The van der Waals surface area contributed by atoms with Crippen LogP contribution in [0.5, 0.6) is 0 Å². The van der Waals surface area contributed by atoms with Crippen LogP contribution in [0.1, 0.15) is 30.1 Å². The van der Waals surface area contributed by atoms with Crippen LogP contribution in [0.25, 0.3) is 22.2 Å². The summed E-state index contributed by atoms with van der Waals surface area (Å²) in [6.07, 6.45) is 2.06. The number of hydrogen-bond donors (Lipinski definition) is 3. The molecule has 0 spiro atoms. The first-order valence-electron chi connectivity index (χ1n) is 10.5. The molecule has 4 aromatic rings. The van der Waals surface area contributed by atoms with Gasteiger partial charge in [-0.25, -0.2) is 14.3 Å². The fraction of sp³-hybridized carbons (Fsp3) is 0.227. The van der Waals surface area contributed by atoms with E-state index in [0.29, 0.717) is 39.3 Å². The van der Waals surface area contributed by atoms with Crippen molar-refractivity contribution < 1.29 is 9.18 Å². The highest BCUT2D eigenvalue weighted by atomic mass is 35.5. The van der Waals surface area contributed by atoms with E-state index in [-0.39, 0.29) is 23.3 Å². The van der Waals surface area contributed by atoms with Crippen LogP contribution in [0.3, 0.4) is 0 Å². The van der Waals surface area contributed by atoms with Gasteiger partial charge in [-0.05, 0) is 54.7 Å². The molecule has 33 heavy (non-hydrogen) atoms. The highest BCUT2D eigenvalue weighted by Gasteiger charge is 2.44. The van der Waals surface area contributed by atoms with Gasteiger partial charge in [0.2, 0.25) is 0 Å². The molecular weight excluding hydrogens is 449 g/mol. The molecule has 2 aromatic heterocycles. The normalized spacial score (nSPS) is 19.0. The fourth-order valence-corrected chi connectivity index (χ4v) is 5.14. The average molecular weight is 466 g/mol. The van der Waals surface area contributed by atoms with Crippen molar-refractivity contribution in [2.24, 2.45) is 0 Å². The molecule has 0 radical (unpaired) electrons. The van der Waals surface area contributed by atoms with Crippen molar-refractivity contribution in [3.63, 3.8) is 0 Å². The molecule has 2 atom stereocenters. The van der Waals surface area contributed by atoms with Crippen LogP contribution in [0.15, 0.2) is 41.2 Å². The number of nitrogens with one attached hydrogen (secondary N) is 3. The second kappa shape index (κ2) is 7.38. The number of anilines is 1. The maximum absolute atomic E-state index is 15.0. The largest absolute Gasteiger partial charge is 0.322 e. The maximum atomic E-state index is 15.0. The van der Waals surface area contributed by atoms with Gasteiger partial charge in [-0.3, -0.25) is 4.79 Å². The second-order valence-corrected chi connectivity index (χ2v) is 8.68. The molecule has 1 fully saturated rings. The maximum Gasteiger partial charge on any atom is 0.322 e. The van der Waals surface area contributed by atoms with E-state index in [9.17, 15) is 9.59 Å². The first-order valence-corrected chi connectivity index (χ1v) is 10.8. The van der Waals surface area contributed by atoms with Crippen molar-refractivity contribution in [3.05, 3.63) is 68.8 Å². The zero-order chi connectivity index (χ0) is 22.7. The summed E-state index contributed by atoms with van der Waals surface area (Å²) in [6.45, 7) is 0. The number of carbonyl (C=O) groups excluding carboxylic acids is 1. The molecular formula is C22H17ClFN7O2. The average Bonchev–Trinajstić information content (AvgIpc) is 3.39. The Hall–Kier alpha value is -3.79. The van der Waals surface area contributed by atoms with E-state index in [1.54, 1.807) is 23.1 Å². The minimum absolute atomic E-state index is 0.00381. The Kier molecular flexibility index (Phi) is 4.44. The number of amides is 2. The molecule has 2 aliphatic heterocycles. The van der Waals surface area contributed by atoms with Gasteiger partial charge in [0.15, 0.2) is 0 Å². The first kappa shape index (κ1) is 19.9. The van der Waals surface area contributed by atoms with Crippen molar-refractivity contribution in [3.8, 4) is 11.1 Å². The lowest BCUT2D eigenvalue weighted by atomic mass is 9.99. The third kappa shape index (κ3) is 3.25. The summed E-state index contributed by atoms with van der Waals surface area (Å²) < 4.78 is 15.0. The van der Waals surface area contributed by atoms with E-state index < -0.39 is 11.8 Å². The number of fused-ring (bicyclic) bond motifs is 5. The SMILES string of the molecule is O=C(Nc1cc(Cl)c(-c2ccc3n[nH]nc3c2)cc1F)N1[C@H]2CC[C@@H]1c1n[nH]c(=O)cc1C2. The topological polar surface area (TPSA) is 120 Å². The quantitative estimate of drug-likeness (QED) is 0.416. The minimum Gasteiger partial charge on any atom is -0.313 e. The number of aromatic amines is 2. The standard InChI is InChI=1S/C22H17ClFN7O2/c23-14-9-17(15(24)8-13(14)10-1-3-16-18(6-10)27-30-26-16)25-22(33)31-12-2-4-19(31)21-11(5-12)7-20(32)28-29-21/h1,3,6-9,12,19H,2,4-5H2,(H,25,33)(H,28,32)(H,26,27,30)/t12-,19+/m0/s1. The first-order chi connectivity index (χ1) is 16.0. The molecule has 4 heterocycles. The van der Waals surface area contributed by atoms with E-state index in [1.807, 2.05) is 0 Å². The zero-order valence-corrected chi connectivity index (χ0v) is 17.9. The Morgan fingerprint density at radius 3 is 2.85 bits per heavy atom. The van der Waals surface area contributed by atoms with Crippen LogP contribution in [0.2, 0.25) is 5.02 Å². The minimum atomic E-state index is -0.602. The highest BCUT2D eigenvalue weighted by Crippen LogP contribution is 2.42. The van der Waals surface area contributed by atoms with Crippen molar-refractivity contribution in [1.29, 1.82) is 0 Å². The molecule has 0 saturated carbocycles. The van der Waals surface area contributed by atoms with Crippen molar-refractivity contribution in [1.82, 2.24) is 30.5 Å². The van der Waals surface area contributed by atoms with Gasteiger partial charge in [0.05, 0.1) is 22.4 Å². The van der Waals surface area contributed by atoms with Crippen molar-refractivity contribution >= 4 is 34.4 Å². The number of H-pyrrole nitrogens is 2. The smallest absolute Gasteiger partial charge is 0.313 e. The molecule has 0 aliphatic carbocycles. The van der Waals surface area contributed by atoms with Crippen LogP contribution in [0.4, 0.5) is 14.9 Å². The summed E-state index contributed by atoms with van der Waals surface area (Å²) in [5.74, 6) is -0.602. The molecule has 11 heteroatoms. The predicted octanol–water partition coefficient (Wildman–Crippen LogP) is 3.79. The summed E-state index contributed by atoms with van der Waals surface area (Å²) in [6, 6.07) is 8.80. The Morgan fingerprint density at radius 1 is 1.12 bits per heavy atom. The number of halogens is 2. The van der Waals surface area contributed by atoms with Crippen LogP contribution in [0, 0.1) is 5.82 Å². The Labute approximate surface area is 190 Å². The molecule has 0 unspecified atom stereocenters. The van der Waals surface area contributed by atoms with Gasteiger partial charge in [0, 0.05) is 17.7 Å². The Balaban J connectivity index is 1.28. The van der Waals surface area contributed by atoms with Gasteiger partial charge in [0.1, 0.15) is 16.9 Å². The summed E-state index contributed by atoms with van der Waals surface area (Å²) in [4.78, 5) is 26.4. The molecule has 166 valence electrons. The van der Waals surface area contributed by atoms with E-state index in [1.165, 1.54) is 18.2 Å². The Morgan fingerprint density at radius 2 is 1.97 bits per heavy atom. The molecule has 2 aromatic carbocycles. The molecule has 9 nitrogen and oxygen atoms in total. The van der Waals surface area contributed by atoms with Gasteiger partial charge in [-0.15, -0.1) is 0 Å². The van der Waals surface area contributed by atoms with E-state index >= 15 is 4.39 Å². The third-order valence-corrected chi connectivity index (χ3v) is 6.67. The van der Waals surface area contributed by atoms with Gasteiger partial charge in [-0.1, -0.05) is 17.7 Å². The van der Waals surface area contributed by atoms with Crippen LogP contribution in [-0.4, -0.2) is 42.6 Å². The second-order valence-electron chi connectivity index (χ2n) is 8.27. The molecule has 1 saturated heterocycles. The summed E-state index contributed by atoms with van der Waals surface area (Å²) in [5.41, 5.74) is 3.78. The lowest BCUT2D eigenvalue weighted by Crippen LogP contribution is -2.45. The van der Waals surface area contributed by atoms with Crippen molar-refractivity contribution in [2.45, 2.75) is 31.3 Å². The lowest BCUT2D eigenvalue weighted by Gasteiger charge is -2.35. The summed E-state index contributed by atoms with van der Waals surface area (Å²) >= 11 is 6.46. The Bertz CT molecular complexity index is 1480.